The number of benzene rings is 2. The van der Waals surface area contributed by atoms with Gasteiger partial charge in [0, 0.05) is 29.4 Å². The van der Waals surface area contributed by atoms with Gasteiger partial charge in [0.05, 0.1) is 12.1 Å². The first-order valence-corrected chi connectivity index (χ1v) is 9.23. The Labute approximate surface area is 173 Å². The number of hydrogen-bond donors (Lipinski definition) is 1. The fraction of sp³-hybridized carbons (Fsp3) is 0.143. The van der Waals surface area contributed by atoms with Gasteiger partial charge >= 0.3 is 0 Å². The van der Waals surface area contributed by atoms with E-state index in [9.17, 15) is 4.79 Å². The first-order chi connectivity index (χ1) is 13.5. The van der Waals surface area contributed by atoms with Crippen LogP contribution in [0.25, 0.3) is 0 Å². The number of nitrogens with zero attached hydrogens (tertiary/aromatic N) is 1. The van der Waals surface area contributed by atoms with Gasteiger partial charge < -0.3 is 14.8 Å². The third kappa shape index (κ3) is 4.55. The Kier molecular flexibility index (Phi) is 6.39. The van der Waals surface area contributed by atoms with E-state index in [1.54, 1.807) is 37.4 Å². The van der Waals surface area contributed by atoms with Crippen LogP contribution in [-0.4, -0.2) is 18.0 Å². The number of nitrogens with one attached hydrogen (secondary N) is 1. The van der Waals surface area contributed by atoms with Gasteiger partial charge in [-0.05, 0) is 42.8 Å². The maximum Gasteiger partial charge on any atom is 0.257 e. The number of halogens is 2. The summed E-state index contributed by atoms with van der Waals surface area (Å²) in [4.78, 5) is 16.9. The number of aryl methyl sites for hydroxylation is 1. The number of hydrogen-bond acceptors (Lipinski definition) is 4. The van der Waals surface area contributed by atoms with Crippen LogP contribution in [0, 0.1) is 6.92 Å². The third-order valence-corrected chi connectivity index (χ3v) is 4.68. The first kappa shape index (κ1) is 20.0. The molecule has 0 unspecified atom stereocenters. The Bertz CT molecular complexity index is 1010. The van der Waals surface area contributed by atoms with Gasteiger partial charge in [-0.1, -0.05) is 35.3 Å². The molecule has 144 valence electrons. The van der Waals surface area contributed by atoms with Gasteiger partial charge in [0.15, 0.2) is 0 Å². The van der Waals surface area contributed by atoms with Gasteiger partial charge in [-0.25, -0.2) is 4.98 Å². The van der Waals surface area contributed by atoms with Gasteiger partial charge in [0.1, 0.15) is 17.1 Å². The fourth-order valence-corrected chi connectivity index (χ4v) is 2.98. The fourth-order valence-electron chi connectivity index (χ4n) is 2.66. The van der Waals surface area contributed by atoms with Crippen LogP contribution < -0.4 is 14.8 Å². The van der Waals surface area contributed by atoms with Gasteiger partial charge in [-0.15, -0.1) is 0 Å². The normalized spacial score (nSPS) is 10.4. The monoisotopic (exact) mass is 416 g/mol. The average Bonchev–Trinajstić information content (AvgIpc) is 2.69. The first-order valence-electron chi connectivity index (χ1n) is 8.48. The van der Waals surface area contributed by atoms with E-state index in [-0.39, 0.29) is 17.4 Å². The summed E-state index contributed by atoms with van der Waals surface area (Å²) in [5, 5.41) is 3.72. The van der Waals surface area contributed by atoms with Crippen molar-refractivity contribution in [3.63, 3.8) is 0 Å². The molecule has 0 atom stereocenters. The quantitative estimate of drug-likeness (QED) is 0.581. The molecule has 0 aliphatic heterocycles. The molecule has 0 radical (unpaired) electrons. The maximum absolute atomic E-state index is 12.8. The lowest BCUT2D eigenvalue weighted by Crippen LogP contribution is -2.24. The van der Waals surface area contributed by atoms with E-state index < -0.39 is 0 Å². The maximum atomic E-state index is 12.8. The van der Waals surface area contributed by atoms with E-state index in [1.807, 2.05) is 25.1 Å². The summed E-state index contributed by atoms with van der Waals surface area (Å²) in [7, 11) is 1.60. The molecule has 3 rings (SSSR count). The van der Waals surface area contributed by atoms with E-state index in [0.717, 1.165) is 11.1 Å². The van der Waals surface area contributed by atoms with Crippen molar-refractivity contribution >= 4 is 29.1 Å². The molecule has 7 heteroatoms. The molecule has 0 saturated heterocycles. The van der Waals surface area contributed by atoms with E-state index in [0.29, 0.717) is 28.1 Å². The number of carbonyl (C=O) groups excluding carboxylic acids is 1. The Morgan fingerprint density at radius 2 is 1.93 bits per heavy atom. The van der Waals surface area contributed by atoms with Crippen molar-refractivity contribution in [3.8, 4) is 17.4 Å². The molecule has 0 saturated carbocycles. The predicted molar refractivity (Wildman–Crippen MR) is 110 cm³/mol. The third-order valence-electron chi connectivity index (χ3n) is 4.13. The molecule has 0 bridgehead atoms. The van der Waals surface area contributed by atoms with Crippen molar-refractivity contribution in [3.05, 3.63) is 81.5 Å². The number of aromatic nitrogens is 1. The van der Waals surface area contributed by atoms with Crippen LogP contribution in [0.3, 0.4) is 0 Å². The second kappa shape index (κ2) is 8.95. The smallest absolute Gasteiger partial charge is 0.257 e. The number of amides is 1. The van der Waals surface area contributed by atoms with Crippen molar-refractivity contribution in [2.24, 2.45) is 0 Å². The average molecular weight is 417 g/mol. The Morgan fingerprint density at radius 3 is 2.71 bits per heavy atom. The van der Waals surface area contributed by atoms with E-state index in [4.69, 9.17) is 32.7 Å². The molecule has 1 aromatic heterocycles. The molecule has 2 aromatic carbocycles. The standard InChI is InChI=1S/C21H18Cl2N2O3/c1-13-5-3-7-18(27-2)16(13)12-25-20(26)15-6-4-10-24-21(15)28-19-11-14(22)8-9-17(19)23/h3-11H,12H2,1-2H3,(H,25,26). The highest BCUT2D eigenvalue weighted by Gasteiger charge is 2.16. The Morgan fingerprint density at radius 1 is 1.11 bits per heavy atom. The Hall–Kier alpha value is -2.76. The predicted octanol–water partition coefficient (Wildman–Crippen LogP) is 5.43. The number of rotatable bonds is 6. The van der Waals surface area contributed by atoms with Crippen LogP contribution in [0.4, 0.5) is 0 Å². The topological polar surface area (TPSA) is 60.5 Å². The molecule has 0 spiro atoms. The Balaban J connectivity index is 1.81. The number of carbonyl (C=O) groups is 1. The van der Waals surface area contributed by atoms with Crippen molar-refractivity contribution < 1.29 is 14.3 Å². The minimum atomic E-state index is -0.327. The molecular weight excluding hydrogens is 399 g/mol. The minimum absolute atomic E-state index is 0.140. The van der Waals surface area contributed by atoms with E-state index in [1.165, 1.54) is 6.20 Å². The van der Waals surface area contributed by atoms with Gasteiger partial charge in [0.2, 0.25) is 5.88 Å². The molecule has 0 fully saturated rings. The van der Waals surface area contributed by atoms with E-state index in [2.05, 4.69) is 10.3 Å². The lowest BCUT2D eigenvalue weighted by molar-refractivity contribution is 0.0947. The van der Waals surface area contributed by atoms with Gasteiger partial charge in [-0.2, -0.15) is 0 Å². The summed E-state index contributed by atoms with van der Waals surface area (Å²) in [5.74, 6) is 0.851. The second-order valence-corrected chi connectivity index (χ2v) is 6.81. The van der Waals surface area contributed by atoms with Crippen molar-refractivity contribution in [1.82, 2.24) is 10.3 Å². The largest absolute Gasteiger partial charge is 0.496 e. The zero-order valence-electron chi connectivity index (χ0n) is 15.3. The molecule has 0 aliphatic rings. The highest BCUT2D eigenvalue weighted by molar-refractivity contribution is 6.34. The van der Waals surface area contributed by atoms with Crippen LogP contribution in [0.15, 0.2) is 54.7 Å². The van der Waals surface area contributed by atoms with Gasteiger partial charge in [0.25, 0.3) is 5.91 Å². The summed E-state index contributed by atoms with van der Waals surface area (Å²) in [6, 6.07) is 13.9. The van der Waals surface area contributed by atoms with Crippen molar-refractivity contribution in [2.75, 3.05) is 7.11 Å². The van der Waals surface area contributed by atoms with Crippen LogP contribution in [0.2, 0.25) is 10.0 Å². The number of ether oxygens (including phenoxy) is 2. The molecule has 5 nitrogen and oxygen atoms in total. The SMILES string of the molecule is COc1cccc(C)c1CNC(=O)c1cccnc1Oc1cc(Cl)ccc1Cl. The highest BCUT2D eigenvalue weighted by atomic mass is 35.5. The van der Waals surface area contributed by atoms with Crippen molar-refractivity contribution in [2.45, 2.75) is 13.5 Å². The summed E-state index contributed by atoms with van der Waals surface area (Å²) in [5.41, 5.74) is 2.21. The molecule has 0 aliphatic carbocycles. The number of methoxy groups -OCH3 is 1. The molecule has 1 heterocycles. The molecule has 3 aromatic rings. The number of pyridine rings is 1. The summed E-state index contributed by atoms with van der Waals surface area (Å²) in [6.07, 6.45) is 1.54. The van der Waals surface area contributed by atoms with Crippen LogP contribution in [0.5, 0.6) is 17.4 Å². The van der Waals surface area contributed by atoms with Crippen LogP contribution in [-0.2, 0) is 6.54 Å². The lowest BCUT2D eigenvalue weighted by atomic mass is 10.1. The summed E-state index contributed by atoms with van der Waals surface area (Å²) >= 11 is 12.1. The molecule has 28 heavy (non-hydrogen) atoms. The zero-order chi connectivity index (χ0) is 20.1. The summed E-state index contributed by atoms with van der Waals surface area (Å²) in [6.45, 7) is 2.27. The van der Waals surface area contributed by atoms with E-state index >= 15 is 0 Å². The molecule has 1 N–H and O–H groups in total. The molecular formula is C21H18Cl2N2O3. The molecule has 1 amide bonds. The summed E-state index contributed by atoms with van der Waals surface area (Å²) < 4.78 is 11.1. The second-order valence-electron chi connectivity index (χ2n) is 5.97. The minimum Gasteiger partial charge on any atom is -0.496 e. The van der Waals surface area contributed by atoms with Crippen LogP contribution in [0.1, 0.15) is 21.5 Å². The highest BCUT2D eigenvalue weighted by Crippen LogP contribution is 2.32. The van der Waals surface area contributed by atoms with Crippen molar-refractivity contribution in [1.29, 1.82) is 0 Å². The van der Waals surface area contributed by atoms with Gasteiger partial charge in [-0.3, -0.25) is 4.79 Å². The van der Waals surface area contributed by atoms with Crippen LogP contribution >= 0.6 is 23.2 Å². The lowest BCUT2D eigenvalue weighted by Gasteiger charge is -2.14. The zero-order valence-corrected chi connectivity index (χ0v) is 16.8.